The van der Waals surface area contributed by atoms with E-state index in [1.807, 2.05) is 13.8 Å². The van der Waals surface area contributed by atoms with Crippen molar-refractivity contribution in [2.75, 3.05) is 7.05 Å². The van der Waals surface area contributed by atoms with E-state index in [0.717, 1.165) is 6.42 Å². The van der Waals surface area contributed by atoms with Crippen molar-refractivity contribution >= 4 is 0 Å². The first-order valence-electron chi connectivity index (χ1n) is 4.91. The van der Waals surface area contributed by atoms with Crippen molar-refractivity contribution in [3.8, 4) is 0 Å². The minimum absolute atomic E-state index is 0.227. The maximum absolute atomic E-state index is 9.24. The van der Waals surface area contributed by atoms with Crippen LogP contribution in [0.15, 0.2) is 12.2 Å². The van der Waals surface area contributed by atoms with Crippen molar-refractivity contribution in [1.82, 2.24) is 4.90 Å². The molecule has 0 aromatic heterocycles. The summed E-state index contributed by atoms with van der Waals surface area (Å²) in [7, 11) is 2.08. The minimum atomic E-state index is -0.227. The molecular formula is C11H23NO. The van der Waals surface area contributed by atoms with Crippen LogP contribution < -0.4 is 0 Å². The van der Waals surface area contributed by atoms with E-state index in [9.17, 15) is 5.11 Å². The first kappa shape index (κ1) is 12.7. The van der Waals surface area contributed by atoms with E-state index in [1.165, 1.54) is 5.57 Å². The lowest BCUT2D eigenvalue weighted by Crippen LogP contribution is -2.38. The van der Waals surface area contributed by atoms with E-state index in [1.54, 1.807) is 0 Å². The predicted octanol–water partition coefficient (Wildman–Crippen LogP) is 2.04. The van der Waals surface area contributed by atoms with Crippen molar-refractivity contribution in [1.29, 1.82) is 0 Å². The second-order valence-electron chi connectivity index (χ2n) is 4.12. The summed E-state index contributed by atoms with van der Waals surface area (Å²) in [6, 6.07) is 0.778. The SMILES string of the molecule is C=C(C)C(C)N(C)[C@@H](C)C[C@H](C)O. The highest BCUT2D eigenvalue weighted by molar-refractivity contribution is 5.00. The van der Waals surface area contributed by atoms with Gasteiger partial charge in [-0.25, -0.2) is 0 Å². The Morgan fingerprint density at radius 1 is 1.38 bits per heavy atom. The summed E-state index contributed by atoms with van der Waals surface area (Å²) in [5.74, 6) is 0. The smallest absolute Gasteiger partial charge is 0.0526 e. The lowest BCUT2D eigenvalue weighted by Gasteiger charge is -2.31. The van der Waals surface area contributed by atoms with Crippen molar-refractivity contribution < 1.29 is 5.11 Å². The zero-order valence-corrected chi connectivity index (χ0v) is 9.54. The Bertz CT molecular complexity index is 165. The van der Waals surface area contributed by atoms with E-state index in [4.69, 9.17) is 0 Å². The first-order chi connectivity index (χ1) is 5.86. The molecule has 1 N–H and O–H groups in total. The van der Waals surface area contributed by atoms with E-state index < -0.39 is 0 Å². The Labute approximate surface area is 82.3 Å². The number of aliphatic hydroxyl groups is 1. The Hall–Kier alpha value is -0.340. The molecule has 0 aliphatic heterocycles. The monoisotopic (exact) mass is 185 g/mol. The molecule has 0 heterocycles. The summed E-state index contributed by atoms with van der Waals surface area (Å²) in [6.07, 6.45) is 0.587. The Morgan fingerprint density at radius 3 is 2.15 bits per heavy atom. The van der Waals surface area contributed by atoms with Gasteiger partial charge in [0.1, 0.15) is 0 Å². The molecule has 0 spiro atoms. The zero-order chi connectivity index (χ0) is 10.6. The molecular weight excluding hydrogens is 162 g/mol. The summed E-state index contributed by atoms with van der Waals surface area (Å²) < 4.78 is 0. The standard InChI is InChI=1S/C11H23NO/c1-8(2)11(5)12(6)9(3)7-10(4)13/h9-11,13H,1,7H2,2-6H3/t9-,10-,11?/m0/s1. The number of rotatable bonds is 5. The molecule has 0 aromatic rings. The third-order valence-corrected chi connectivity index (χ3v) is 2.70. The summed E-state index contributed by atoms with van der Waals surface area (Å²) >= 11 is 0. The number of nitrogens with zero attached hydrogens (tertiary/aromatic N) is 1. The zero-order valence-electron chi connectivity index (χ0n) is 9.54. The number of aliphatic hydroxyl groups excluding tert-OH is 1. The third kappa shape index (κ3) is 4.44. The van der Waals surface area contributed by atoms with Gasteiger partial charge in [-0.2, -0.15) is 0 Å². The van der Waals surface area contributed by atoms with Gasteiger partial charge in [0.15, 0.2) is 0 Å². The predicted molar refractivity (Wildman–Crippen MR) is 57.8 cm³/mol. The van der Waals surface area contributed by atoms with Crippen LogP contribution in [-0.4, -0.2) is 35.2 Å². The second-order valence-corrected chi connectivity index (χ2v) is 4.12. The van der Waals surface area contributed by atoms with Gasteiger partial charge in [0, 0.05) is 12.1 Å². The molecule has 0 aromatic carbocycles. The fraction of sp³-hybridized carbons (Fsp3) is 0.818. The molecule has 2 heteroatoms. The van der Waals surface area contributed by atoms with Crippen LogP contribution in [0.25, 0.3) is 0 Å². The summed E-state index contributed by atoms with van der Waals surface area (Å²) in [5.41, 5.74) is 1.17. The minimum Gasteiger partial charge on any atom is -0.393 e. The van der Waals surface area contributed by atoms with Gasteiger partial charge in [0.2, 0.25) is 0 Å². The molecule has 0 aliphatic carbocycles. The summed E-state index contributed by atoms with van der Waals surface area (Å²) in [4.78, 5) is 2.25. The van der Waals surface area contributed by atoms with Crippen molar-refractivity contribution in [2.45, 2.75) is 52.3 Å². The van der Waals surface area contributed by atoms with Gasteiger partial charge in [-0.1, -0.05) is 12.2 Å². The molecule has 13 heavy (non-hydrogen) atoms. The lowest BCUT2D eigenvalue weighted by molar-refractivity contribution is 0.122. The quantitative estimate of drug-likeness (QED) is 0.663. The fourth-order valence-corrected chi connectivity index (χ4v) is 1.39. The van der Waals surface area contributed by atoms with Gasteiger partial charge in [-0.3, -0.25) is 4.90 Å². The molecule has 0 saturated carbocycles. The second kappa shape index (κ2) is 5.40. The molecule has 78 valence electrons. The van der Waals surface area contributed by atoms with E-state index >= 15 is 0 Å². The molecule has 0 radical (unpaired) electrons. The average Bonchev–Trinajstić information content (AvgIpc) is 2.00. The Kier molecular flexibility index (Phi) is 5.26. The van der Waals surface area contributed by atoms with Crippen LogP contribution in [0.2, 0.25) is 0 Å². The third-order valence-electron chi connectivity index (χ3n) is 2.70. The van der Waals surface area contributed by atoms with E-state index in [0.29, 0.717) is 12.1 Å². The highest BCUT2D eigenvalue weighted by Crippen LogP contribution is 2.12. The normalized spacial score (nSPS) is 18.4. The maximum Gasteiger partial charge on any atom is 0.0526 e. The Morgan fingerprint density at radius 2 is 1.85 bits per heavy atom. The van der Waals surface area contributed by atoms with Crippen LogP contribution in [0.4, 0.5) is 0 Å². The van der Waals surface area contributed by atoms with Crippen molar-refractivity contribution in [2.24, 2.45) is 0 Å². The average molecular weight is 185 g/mol. The molecule has 0 saturated heterocycles. The van der Waals surface area contributed by atoms with Crippen molar-refractivity contribution in [3.05, 3.63) is 12.2 Å². The van der Waals surface area contributed by atoms with Crippen LogP contribution in [0.5, 0.6) is 0 Å². The first-order valence-corrected chi connectivity index (χ1v) is 4.91. The molecule has 2 nitrogen and oxygen atoms in total. The van der Waals surface area contributed by atoms with Gasteiger partial charge in [-0.15, -0.1) is 0 Å². The van der Waals surface area contributed by atoms with Gasteiger partial charge < -0.3 is 5.11 Å². The largest absolute Gasteiger partial charge is 0.393 e. The van der Waals surface area contributed by atoms with Crippen molar-refractivity contribution in [3.63, 3.8) is 0 Å². The molecule has 0 aliphatic rings. The highest BCUT2D eigenvalue weighted by Gasteiger charge is 2.17. The Balaban J connectivity index is 4.08. The van der Waals surface area contributed by atoms with E-state index in [2.05, 4.69) is 32.4 Å². The van der Waals surface area contributed by atoms with Crippen LogP contribution in [0.1, 0.15) is 34.1 Å². The van der Waals surface area contributed by atoms with Gasteiger partial charge in [0.25, 0.3) is 0 Å². The number of hydrogen-bond acceptors (Lipinski definition) is 2. The van der Waals surface area contributed by atoms with Crippen LogP contribution >= 0.6 is 0 Å². The number of likely N-dealkylation sites (N-methyl/N-ethyl adjacent to an activating group) is 1. The number of hydrogen-bond donors (Lipinski definition) is 1. The van der Waals surface area contributed by atoms with Gasteiger partial charge in [-0.05, 0) is 41.2 Å². The van der Waals surface area contributed by atoms with Crippen LogP contribution in [0.3, 0.4) is 0 Å². The fourth-order valence-electron chi connectivity index (χ4n) is 1.39. The molecule has 0 rings (SSSR count). The topological polar surface area (TPSA) is 23.5 Å². The molecule has 0 bridgehead atoms. The van der Waals surface area contributed by atoms with Gasteiger partial charge in [0.05, 0.1) is 6.10 Å². The maximum atomic E-state index is 9.24. The lowest BCUT2D eigenvalue weighted by atomic mass is 10.1. The van der Waals surface area contributed by atoms with Crippen LogP contribution in [-0.2, 0) is 0 Å². The molecule has 0 amide bonds. The summed E-state index contributed by atoms with van der Waals surface area (Å²) in [5, 5.41) is 9.24. The van der Waals surface area contributed by atoms with E-state index in [-0.39, 0.29) is 6.10 Å². The molecule has 1 unspecified atom stereocenters. The molecule has 3 atom stereocenters. The molecule has 0 fully saturated rings. The van der Waals surface area contributed by atoms with Gasteiger partial charge >= 0.3 is 0 Å². The summed E-state index contributed by atoms with van der Waals surface area (Å²) in [6.45, 7) is 12.1. The van der Waals surface area contributed by atoms with Crippen LogP contribution in [0, 0.1) is 0 Å². The highest BCUT2D eigenvalue weighted by atomic mass is 16.3.